The van der Waals surface area contributed by atoms with Crippen LogP contribution in [0.15, 0.2) is 60.7 Å². The third kappa shape index (κ3) is 4.03. The van der Waals surface area contributed by atoms with Crippen molar-refractivity contribution < 1.29 is 19.2 Å². The third-order valence-electron chi connectivity index (χ3n) is 4.30. The molecule has 0 heterocycles. The highest BCUT2D eigenvalue weighted by molar-refractivity contribution is 6.18. The Balaban J connectivity index is 1.63. The largest absolute Gasteiger partial charge is 0.325 e. The van der Waals surface area contributed by atoms with Gasteiger partial charge in [0.05, 0.1) is 0 Å². The molecule has 2 unspecified atom stereocenters. The van der Waals surface area contributed by atoms with Gasteiger partial charge in [-0.2, -0.15) is 0 Å². The summed E-state index contributed by atoms with van der Waals surface area (Å²) in [6.45, 7) is 0. The summed E-state index contributed by atoms with van der Waals surface area (Å²) >= 11 is 0. The molecular formula is C20H18N2O4. The average Bonchev–Trinajstić information content (AvgIpc) is 2.64. The third-order valence-corrected chi connectivity index (χ3v) is 4.30. The van der Waals surface area contributed by atoms with Crippen LogP contribution >= 0.6 is 0 Å². The molecule has 0 aliphatic heterocycles. The molecule has 3 rings (SSSR count). The lowest BCUT2D eigenvalue weighted by molar-refractivity contribution is -0.145. The molecule has 1 aliphatic carbocycles. The molecule has 2 atom stereocenters. The number of hydrogen-bond acceptors (Lipinski definition) is 4. The molecule has 26 heavy (non-hydrogen) atoms. The number of hydrogen-bond donors (Lipinski definition) is 2. The Bertz CT molecular complexity index is 762. The van der Waals surface area contributed by atoms with Crippen molar-refractivity contribution in [3.63, 3.8) is 0 Å². The van der Waals surface area contributed by atoms with Gasteiger partial charge in [-0.3, -0.25) is 19.2 Å². The Kier molecular flexibility index (Phi) is 5.22. The van der Waals surface area contributed by atoms with E-state index in [-0.39, 0.29) is 12.8 Å². The molecule has 6 heteroatoms. The highest BCUT2D eigenvalue weighted by Gasteiger charge is 2.41. The molecule has 1 saturated carbocycles. The van der Waals surface area contributed by atoms with Crippen molar-refractivity contribution in [3.05, 3.63) is 60.7 Å². The maximum Gasteiger partial charge on any atom is 0.235 e. The van der Waals surface area contributed by atoms with E-state index in [1.165, 1.54) is 0 Å². The van der Waals surface area contributed by atoms with E-state index >= 15 is 0 Å². The van der Waals surface area contributed by atoms with Gasteiger partial charge in [0.25, 0.3) is 0 Å². The van der Waals surface area contributed by atoms with Crippen molar-refractivity contribution in [2.45, 2.75) is 12.8 Å². The number of para-hydroxylation sites is 2. The van der Waals surface area contributed by atoms with Crippen LogP contribution in [0.4, 0.5) is 11.4 Å². The Morgan fingerprint density at radius 1 is 0.654 bits per heavy atom. The molecular weight excluding hydrogens is 332 g/mol. The molecule has 0 radical (unpaired) electrons. The van der Waals surface area contributed by atoms with Gasteiger partial charge in [-0.15, -0.1) is 0 Å². The van der Waals surface area contributed by atoms with E-state index in [0.29, 0.717) is 11.4 Å². The van der Waals surface area contributed by atoms with Gasteiger partial charge < -0.3 is 10.6 Å². The predicted molar refractivity (Wildman–Crippen MR) is 96.4 cm³/mol. The molecule has 132 valence electrons. The number of ketones is 2. The molecule has 1 fully saturated rings. The molecule has 1 aliphatic rings. The first-order valence-electron chi connectivity index (χ1n) is 8.32. The second-order valence-corrected chi connectivity index (χ2v) is 6.16. The lowest BCUT2D eigenvalue weighted by atomic mass is 9.79. The molecule has 6 nitrogen and oxygen atoms in total. The number of amides is 2. The number of carbonyl (C=O) groups is 4. The first-order chi connectivity index (χ1) is 12.5. The van der Waals surface area contributed by atoms with Gasteiger partial charge >= 0.3 is 0 Å². The quantitative estimate of drug-likeness (QED) is 0.829. The first-order valence-corrected chi connectivity index (χ1v) is 8.32. The highest BCUT2D eigenvalue weighted by Crippen LogP contribution is 2.26. The SMILES string of the molecule is O=C1CC(C(=O)Nc2ccccc2)C(=O)CC1C(=O)Nc1ccccc1. The van der Waals surface area contributed by atoms with Gasteiger partial charge in [-0.25, -0.2) is 0 Å². The van der Waals surface area contributed by atoms with Crippen LogP contribution in [-0.4, -0.2) is 23.4 Å². The maximum absolute atomic E-state index is 12.3. The zero-order valence-electron chi connectivity index (χ0n) is 14.0. The number of Topliss-reactive ketones (excluding diaryl/α,β-unsaturated/α-hetero) is 2. The molecule has 0 bridgehead atoms. The number of anilines is 2. The van der Waals surface area contributed by atoms with Crippen LogP contribution in [0.2, 0.25) is 0 Å². The van der Waals surface area contributed by atoms with E-state index in [1.54, 1.807) is 60.7 Å². The van der Waals surface area contributed by atoms with Gasteiger partial charge in [0.15, 0.2) is 0 Å². The van der Waals surface area contributed by atoms with E-state index in [2.05, 4.69) is 10.6 Å². The number of carbonyl (C=O) groups excluding carboxylic acids is 4. The molecule has 2 N–H and O–H groups in total. The minimum absolute atomic E-state index is 0.260. The Labute approximate surface area is 150 Å². The van der Waals surface area contributed by atoms with Crippen LogP contribution in [0.1, 0.15) is 12.8 Å². The lowest BCUT2D eigenvalue weighted by Crippen LogP contribution is -2.43. The van der Waals surface area contributed by atoms with E-state index in [1.807, 2.05) is 0 Å². The molecule has 0 aromatic heterocycles. The lowest BCUT2D eigenvalue weighted by Gasteiger charge is -2.25. The second kappa shape index (κ2) is 7.74. The zero-order valence-corrected chi connectivity index (χ0v) is 14.0. The standard InChI is InChI=1S/C20H18N2O4/c23-17-12-16(20(26)22-14-9-5-2-6-10-14)18(24)11-15(17)19(25)21-13-7-3-1-4-8-13/h1-10,15-16H,11-12H2,(H,21,25)(H,22,26). The summed E-state index contributed by atoms with van der Waals surface area (Å²) < 4.78 is 0. The predicted octanol–water partition coefficient (Wildman–Crippen LogP) is 2.43. The fraction of sp³-hybridized carbons (Fsp3) is 0.200. The van der Waals surface area contributed by atoms with Crippen LogP contribution in [-0.2, 0) is 19.2 Å². The normalized spacial score (nSPS) is 19.7. The maximum atomic E-state index is 12.3. The van der Waals surface area contributed by atoms with Crippen molar-refractivity contribution in [2.75, 3.05) is 10.6 Å². The van der Waals surface area contributed by atoms with E-state index in [0.717, 1.165) is 0 Å². The van der Waals surface area contributed by atoms with Crippen molar-refractivity contribution in [1.29, 1.82) is 0 Å². The Hall–Kier alpha value is -3.28. The van der Waals surface area contributed by atoms with Gasteiger partial charge in [0.1, 0.15) is 23.4 Å². The molecule has 2 aromatic carbocycles. The number of rotatable bonds is 4. The average molecular weight is 350 g/mol. The zero-order chi connectivity index (χ0) is 18.5. The monoisotopic (exact) mass is 350 g/mol. The molecule has 2 amide bonds. The van der Waals surface area contributed by atoms with Gasteiger partial charge in [0, 0.05) is 24.2 Å². The van der Waals surface area contributed by atoms with Crippen LogP contribution in [0.5, 0.6) is 0 Å². The highest BCUT2D eigenvalue weighted by atomic mass is 16.2. The summed E-state index contributed by atoms with van der Waals surface area (Å²) in [6.07, 6.45) is -0.519. The smallest absolute Gasteiger partial charge is 0.235 e. The van der Waals surface area contributed by atoms with Crippen LogP contribution in [0.3, 0.4) is 0 Å². The molecule has 0 spiro atoms. The second-order valence-electron chi connectivity index (χ2n) is 6.16. The van der Waals surface area contributed by atoms with Crippen molar-refractivity contribution >= 4 is 34.8 Å². The van der Waals surface area contributed by atoms with Crippen LogP contribution in [0.25, 0.3) is 0 Å². The van der Waals surface area contributed by atoms with Crippen LogP contribution < -0.4 is 10.6 Å². The first kappa shape index (κ1) is 17.5. The summed E-state index contributed by atoms with van der Waals surface area (Å²) in [5.41, 5.74) is 1.11. The Morgan fingerprint density at radius 3 is 1.35 bits per heavy atom. The number of benzene rings is 2. The van der Waals surface area contributed by atoms with Crippen molar-refractivity contribution in [3.8, 4) is 0 Å². The van der Waals surface area contributed by atoms with Gasteiger partial charge in [0.2, 0.25) is 11.8 Å². The minimum Gasteiger partial charge on any atom is -0.325 e. The topological polar surface area (TPSA) is 92.3 Å². The summed E-state index contributed by atoms with van der Waals surface area (Å²) in [5.74, 6) is -3.93. The van der Waals surface area contributed by atoms with Gasteiger partial charge in [-0.05, 0) is 24.3 Å². The minimum atomic E-state index is -1.05. The van der Waals surface area contributed by atoms with Crippen LogP contribution in [0, 0.1) is 11.8 Å². The summed E-state index contributed by atoms with van der Waals surface area (Å²) in [6, 6.07) is 17.4. The summed E-state index contributed by atoms with van der Waals surface area (Å²) in [7, 11) is 0. The summed E-state index contributed by atoms with van der Waals surface area (Å²) in [5, 5.41) is 5.27. The number of nitrogens with one attached hydrogen (secondary N) is 2. The van der Waals surface area contributed by atoms with Gasteiger partial charge in [-0.1, -0.05) is 36.4 Å². The molecule has 0 saturated heterocycles. The van der Waals surface area contributed by atoms with Crippen molar-refractivity contribution in [1.82, 2.24) is 0 Å². The molecule has 2 aromatic rings. The van der Waals surface area contributed by atoms with Crippen molar-refractivity contribution in [2.24, 2.45) is 11.8 Å². The summed E-state index contributed by atoms with van der Waals surface area (Å²) in [4.78, 5) is 49.3. The Morgan fingerprint density at radius 2 is 1.00 bits per heavy atom. The fourth-order valence-electron chi connectivity index (χ4n) is 2.89. The fourth-order valence-corrected chi connectivity index (χ4v) is 2.89. The van der Waals surface area contributed by atoms with E-state index < -0.39 is 35.2 Å². The van der Waals surface area contributed by atoms with E-state index in [9.17, 15) is 19.2 Å². The van der Waals surface area contributed by atoms with E-state index in [4.69, 9.17) is 0 Å².